The van der Waals surface area contributed by atoms with Gasteiger partial charge in [-0.1, -0.05) is 29.8 Å². The van der Waals surface area contributed by atoms with Crippen LogP contribution >= 0.6 is 22.9 Å². The minimum absolute atomic E-state index is 0.342. The van der Waals surface area contributed by atoms with Gasteiger partial charge in [-0.25, -0.2) is 9.50 Å². The van der Waals surface area contributed by atoms with E-state index in [2.05, 4.69) is 10.1 Å². The third-order valence-electron chi connectivity index (χ3n) is 4.10. The van der Waals surface area contributed by atoms with Crippen molar-refractivity contribution in [1.29, 1.82) is 0 Å². The minimum Gasteiger partial charge on any atom is -0.484 e. The maximum Gasteiger partial charge on any atom is 0.262 e. The molecule has 1 atom stereocenters. The molecular formula is C19H15ClN4O2S. The number of imidazole rings is 1. The second kappa shape index (κ2) is 7.02. The van der Waals surface area contributed by atoms with Gasteiger partial charge in [-0.05, 0) is 25.1 Å². The number of hydrogen-bond acceptors (Lipinski definition) is 5. The van der Waals surface area contributed by atoms with Crippen LogP contribution in [-0.4, -0.2) is 20.5 Å². The predicted octanol–water partition coefficient (Wildman–Crippen LogP) is 4.35. The fourth-order valence-corrected chi connectivity index (χ4v) is 4.04. The highest BCUT2D eigenvalue weighted by molar-refractivity contribution is 7.17. The second-order valence-corrected chi connectivity index (χ2v) is 7.35. The lowest BCUT2D eigenvalue weighted by atomic mass is 10.1. The van der Waals surface area contributed by atoms with Crippen LogP contribution in [0.1, 0.15) is 28.3 Å². The van der Waals surface area contributed by atoms with Crippen LogP contribution in [0.25, 0.3) is 16.2 Å². The SMILES string of the molecule is C[C@H](Oc1cc(-c2cnc3cccnn23)sc1C(N)=O)c1ccccc1Cl. The molecule has 0 spiro atoms. The van der Waals surface area contributed by atoms with E-state index in [9.17, 15) is 4.79 Å². The maximum absolute atomic E-state index is 11.9. The summed E-state index contributed by atoms with van der Waals surface area (Å²) in [6.45, 7) is 1.87. The average molecular weight is 399 g/mol. The van der Waals surface area contributed by atoms with Crippen molar-refractivity contribution in [3.63, 3.8) is 0 Å². The van der Waals surface area contributed by atoms with Gasteiger partial charge in [0.1, 0.15) is 22.4 Å². The molecule has 0 bridgehead atoms. The number of aromatic nitrogens is 3. The molecule has 3 aromatic heterocycles. The Hall–Kier alpha value is -2.90. The lowest BCUT2D eigenvalue weighted by molar-refractivity contribution is 0.0998. The van der Waals surface area contributed by atoms with Crippen LogP contribution < -0.4 is 10.5 Å². The van der Waals surface area contributed by atoms with Crippen molar-refractivity contribution >= 4 is 34.5 Å². The van der Waals surface area contributed by atoms with E-state index in [4.69, 9.17) is 22.1 Å². The summed E-state index contributed by atoms with van der Waals surface area (Å²) in [5.74, 6) is -0.129. The van der Waals surface area contributed by atoms with Crippen molar-refractivity contribution in [3.05, 3.63) is 70.3 Å². The molecule has 0 saturated carbocycles. The Balaban J connectivity index is 1.73. The van der Waals surface area contributed by atoms with E-state index < -0.39 is 5.91 Å². The van der Waals surface area contributed by atoms with E-state index in [1.807, 2.05) is 37.3 Å². The van der Waals surface area contributed by atoms with Crippen molar-refractivity contribution < 1.29 is 9.53 Å². The number of carbonyl (C=O) groups is 1. The predicted molar refractivity (Wildman–Crippen MR) is 105 cm³/mol. The molecule has 0 aliphatic rings. The second-order valence-electron chi connectivity index (χ2n) is 5.89. The molecule has 0 fully saturated rings. The quantitative estimate of drug-likeness (QED) is 0.541. The Morgan fingerprint density at radius 1 is 1.30 bits per heavy atom. The number of nitrogens with two attached hydrogens (primary N) is 1. The number of primary amides is 1. The van der Waals surface area contributed by atoms with Crippen LogP contribution in [0, 0.1) is 0 Å². The van der Waals surface area contributed by atoms with Gasteiger partial charge >= 0.3 is 0 Å². The van der Waals surface area contributed by atoms with E-state index in [1.54, 1.807) is 29.0 Å². The molecule has 3 heterocycles. The Morgan fingerprint density at radius 3 is 2.89 bits per heavy atom. The summed E-state index contributed by atoms with van der Waals surface area (Å²) in [6, 6.07) is 12.9. The van der Waals surface area contributed by atoms with E-state index in [-0.39, 0.29) is 6.10 Å². The first-order valence-electron chi connectivity index (χ1n) is 8.18. The van der Waals surface area contributed by atoms with Crippen molar-refractivity contribution in [2.24, 2.45) is 5.73 Å². The molecule has 2 N–H and O–H groups in total. The normalized spacial score (nSPS) is 12.2. The zero-order valence-corrected chi connectivity index (χ0v) is 15.9. The van der Waals surface area contributed by atoms with Crippen molar-refractivity contribution in [1.82, 2.24) is 14.6 Å². The Morgan fingerprint density at radius 2 is 2.11 bits per heavy atom. The van der Waals surface area contributed by atoms with Gasteiger partial charge in [-0.2, -0.15) is 5.10 Å². The van der Waals surface area contributed by atoms with Crippen molar-refractivity contribution in [2.45, 2.75) is 13.0 Å². The van der Waals surface area contributed by atoms with Crippen LogP contribution in [0.2, 0.25) is 5.02 Å². The first kappa shape index (κ1) is 17.5. The molecule has 0 aliphatic heterocycles. The number of halogens is 1. The van der Waals surface area contributed by atoms with Gasteiger partial charge in [0.2, 0.25) is 0 Å². The number of rotatable bonds is 5. The number of hydrogen-bond donors (Lipinski definition) is 1. The highest BCUT2D eigenvalue weighted by atomic mass is 35.5. The van der Waals surface area contributed by atoms with Gasteiger partial charge < -0.3 is 10.5 Å². The van der Waals surface area contributed by atoms with Crippen molar-refractivity contribution in [2.75, 3.05) is 0 Å². The van der Waals surface area contributed by atoms with Crippen LogP contribution in [-0.2, 0) is 0 Å². The molecule has 0 aliphatic carbocycles. The van der Waals surface area contributed by atoms with Crippen molar-refractivity contribution in [3.8, 4) is 16.3 Å². The van der Waals surface area contributed by atoms with E-state index >= 15 is 0 Å². The highest BCUT2D eigenvalue weighted by Crippen LogP contribution is 2.38. The van der Waals surface area contributed by atoms with Gasteiger partial charge in [0.25, 0.3) is 5.91 Å². The first-order chi connectivity index (χ1) is 13.0. The molecule has 8 heteroatoms. The summed E-state index contributed by atoms with van der Waals surface area (Å²) in [4.78, 5) is 17.4. The van der Waals surface area contributed by atoms with E-state index in [0.717, 1.165) is 16.1 Å². The fourth-order valence-electron chi connectivity index (χ4n) is 2.82. The average Bonchev–Trinajstić information content (AvgIpc) is 3.26. The summed E-state index contributed by atoms with van der Waals surface area (Å²) in [5, 5.41) is 4.91. The molecule has 1 amide bonds. The summed E-state index contributed by atoms with van der Waals surface area (Å²) >= 11 is 7.50. The Labute approximate surface area is 164 Å². The third kappa shape index (κ3) is 3.27. The fraction of sp³-hybridized carbons (Fsp3) is 0.105. The van der Waals surface area contributed by atoms with Crippen LogP contribution in [0.3, 0.4) is 0 Å². The number of carbonyl (C=O) groups excluding carboxylic acids is 1. The number of fused-ring (bicyclic) bond motifs is 1. The molecule has 136 valence electrons. The lowest BCUT2D eigenvalue weighted by Crippen LogP contribution is -2.12. The number of benzene rings is 1. The van der Waals surface area contributed by atoms with Gasteiger partial charge in [-0.15, -0.1) is 11.3 Å². The van der Waals surface area contributed by atoms with Crippen LogP contribution in [0.4, 0.5) is 0 Å². The largest absolute Gasteiger partial charge is 0.484 e. The molecule has 0 radical (unpaired) electrons. The molecule has 4 aromatic rings. The molecule has 1 aromatic carbocycles. The van der Waals surface area contributed by atoms with Gasteiger partial charge in [0, 0.05) is 22.8 Å². The zero-order chi connectivity index (χ0) is 19.0. The Kier molecular flexibility index (Phi) is 4.55. The maximum atomic E-state index is 11.9. The topological polar surface area (TPSA) is 82.5 Å². The minimum atomic E-state index is -0.547. The monoisotopic (exact) mass is 398 g/mol. The zero-order valence-electron chi connectivity index (χ0n) is 14.3. The summed E-state index contributed by atoms with van der Waals surface area (Å²) < 4.78 is 7.75. The molecule has 0 unspecified atom stereocenters. The third-order valence-corrected chi connectivity index (χ3v) is 5.60. The van der Waals surface area contributed by atoms with Gasteiger partial charge in [-0.3, -0.25) is 4.79 Å². The number of nitrogens with zero attached hydrogens (tertiary/aromatic N) is 3. The smallest absolute Gasteiger partial charge is 0.262 e. The highest BCUT2D eigenvalue weighted by Gasteiger charge is 2.21. The molecule has 27 heavy (non-hydrogen) atoms. The van der Waals surface area contributed by atoms with Crippen LogP contribution in [0.5, 0.6) is 5.75 Å². The molecule has 0 saturated heterocycles. The molecule has 4 rings (SSSR count). The first-order valence-corrected chi connectivity index (χ1v) is 9.38. The van der Waals surface area contributed by atoms with Crippen LogP contribution in [0.15, 0.2) is 54.9 Å². The number of amides is 1. The molecular weight excluding hydrogens is 384 g/mol. The Bertz CT molecular complexity index is 1140. The van der Waals surface area contributed by atoms with E-state index in [0.29, 0.717) is 21.3 Å². The lowest BCUT2D eigenvalue weighted by Gasteiger charge is -2.16. The van der Waals surface area contributed by atoms with Gasteiger partial charge in [0.05, 0.1) is 11.1 Å². The standard InChI is InChI=1S/C19H15ClN4O2S/c1-11(12-5-2-3-6-13(12)20)26-15-9-16(27-18(15)19(21)25)14-10-22-17-7-4-8-23-24(14)17/h2-11H,1H3,(H2,21,25)/t11-/m0/s1. The van der Waals surface area contributed by atoms with Gasteiger partial charge in [0.15, 0.2) is 5.65 Å². The number of thiophene rings is 1. The summed E-state index contributed by atoms with van der Waals surface area (Å²) in [7, 11) is 0. The summed E-state index contributed by atoms with van der Waals surface area (Å²) in [5.41, 5.74) is 7.88. The van der Waals surface area contributed by atoms with E-state index in [1.165, 1.54) is 11.3 Å². The molecule has 6 nitrogen and oxygen atoms in total. The number of ether oxygens (including phenoxy) is 1. The summed E-state index contributed by atoms with van der Waals surface area (Å²) in [6.07, 6.45) is 3.04.